The Balaban J connectivity index is 2.49. The summed E-state index contributed by atoms with van der Waals surface area (Å²) in [5.74, 6) is 6.13. The van der Waals surface area contributed by atoms with Crippen molar-refractivity contribution in [3.63, 3.8) is 0 Å². The molecule has 1 heterocycles. The Labute approximate surface area is 185 Å². The Bertz CT molecular complexity index is 762. The summed E-state index contributed by atoms with van der Waals surface area (Å²) in [6.45, 7) is 10.8. The molecule has 2 unspecified atom stereocenters. The van der Waals surface area contributed by atoms with Crippen LogP contribution in [0.5, 0.6) is 0 Å². The van der Waals surface area contributed by atoms with Crippen molar-refractivity contribution >= 4 is 23.0 Å². The van der Waals surface area contributed by atoms with Gasteiger partial charge in [-0.3, -0.25) is 0 Å². The van der Waals surface area contributed by atoms with E-state index >= 15 is 0 Å². The predicted molar refractivity (Wildman–Crippen MR) is 123 cm³/mol. The fourth-order valence-corrected chi connectivity index (χ4v) is 4.84. The zero-order valence-electron chi connectivity index (χ0n) is 19.2. The largest absolute Gasteiger partial charge is 0.477 e. The van der Waals surface area contributed by atoms with E-state index in [1.54, 1.807) is 7.11 Å². The number of thiophene rings is 1. The molecule has 0 amide bonds. The van der Waals surface area contributed by atoms with Crippen LogP contribution in [0.15, 0.2) is 6.07 Å². The molecule has 5 nitrogen and oxygen atoms in total. The van der Waals surface area contributed by atoms with Crippen molar-refractivity contribution in [1.29, 1.82) is 0 Å². The minimum Gasteiger partial charge on any atom is -0.477 e. The minimum absolute atomic E-state index is 0.111. The lowest BCUT2D eigenvalue weighted by Crippen LogP contribution is -2.50. The van der Waals surface area contributed by atoms with Gasteiger partial charge in [0.1, 0.15) is 11.1 Å². The third kappa shape index (κ3) is 6.47. The van der Waals surface area contributed by atoms with Crippen LogP contribution in [0, 0.1) is 29.1 Å². The molecule has 1 aromatic heterocycles. The Kier molecular flexibility index (Phi) is 8.78. The zero-order chi connectivity index (χ0) is 22.5. The van der Waals surface area contributed by atoms with E-state index in [9.17, 15) is 15.0 Å². The summed E-state index contributed by atoms with van der Waals surface area (Å²) in [7, 11) is 1.64. The van der Waals surface area contributed by atoms with E-state index in [2.05, 4.69) is 18.8 Å². The van der Waals surface area contributed by atoms with Crippen LogP contribution in [0.3, 0.4) is 0 Å². The van der Waals surface area contributed by atoms with E-state index in [0.29, 0.717) is 23.1 Å². The number of rotatable bonds is 8. The van der Waals surface area contributed by atoms with Gasteiger partial charge in [0.2, 0.25) is 0 Å². The van der Waals surface area contributed by atoms with Crippen molar-refractivity contribution in [2.24, 2.45) is 17.3 Å². The third-order valence-corrected chi connectivity index (χ3v) is 6.76. The number of methoxy groups -OCH3 is 1. The van der Waals surface area contributed by atoms with E-state index in [0.717, 1.165) is 32.1 Å². The molecule has 6 heteroatoms. The number of anilines is 1. The summed E-state index contributed by atoms with van der Waals surface area (Å²) in [4.78, 5) is 14.9. The van der Waals surface area contributed by atoms with Gasteiger partial charge in [0.25, 0.3) is 0 Å². The highest BCUT2D eigenvalue weighted by atomic mass is 32.1. The smallest absolute Gasteiger partial charge is 0.348 e. The molecule has 0 radical (unpaired) electrons. The summed E-state index contributed by atoms with van der Waals surface area (Å²) in [6, 6.07) is 1.72. The standard InChI is InChI=1S/C24H37NO4S/c1-7-18(15-29-6)25(22(26)17-10-8-16(2)9-11-17)20-14-19(12-13-24(3,4)5)30-21(20)23(27)28/h14,16-18,22,26H,7-11,15H2,1-6H3,(H,27,28). The number of hydrogen-bond acceptors (Lipinski definition) is 5. The van der Waals surface area contributed by atoms with Crippen LogP contribution >= 0.6 is 11.3 Å². The monoisotopic (exact) mass is 435 g/mol. The first kappa shape index (κ1) is 24.7. The molecular weight excluding hydrogens is 398 g/mol. The number of ether oxygens (including phenoxy) is 1. The van der Waals surface area contributed by atoms with Crippen LogP contribution < -0.4 is 4.90 Å². The molecule has 168 valence electrons. The molecule has 2 rings (SSSR count). The average Bonchev–Trinajstić information content (AvgIpc) is 3.10. The molecule has 2 atom stereocenters. The molecule has 1 fully saturated rings. The Morgan fingerprint density at radius 3 is 2.47 bits per heavy atom. The maximum atomic E-state index is 12.1. The molecule has 1 aliphatic carbocycles. The quantitative estimate of drug-likeness (QED) is 0.433. The number of carboxylic acids is 1. The molecule has 0 spiro atoms. The lowest BCUT2D eigenvalue weighted by atomic mass is 9.81. The number of aromatic carboxylic acids is 1. The van der Waals surface area contributed by atoms with Crippen LogP contribution in [-0.4, -0.2) is 42.2 Å². The second kappa shape index (κ2) is 10.7. The van der Waals surface area contributed by atoms with Crippen molar-refractivity contribution in [2.75, 3.05) is 18.6 Å². The van der Waals surface area contributed by atoms with Gasteiger partial charge < -0.3 is 19.8 Å². The predicted octanol–water partition coefficient (Wildman–Crippen LogP) is 5.22. The summed E-state index contributed by atoms with van der Waals surface area (Å²) < 4.78 is 5.43. The molecule has 30 heavy (non-hydrogen) atoms. The first-order chi connectivity index (χ1) is 14.1. The topological polar surface area (TPSA) is 70.0 Å². The molecule has 0 aromatic carbocycles. The van der Waals surface area contributed by atoms with E-state index in [-0.39, 0.29) is 22.3 Å². The average molecular weight is 436 g/mol. The van der Waals surface area contributed by atoms with Gasteiger partial charge in [0.15, 0.2) is 0 Å². The number of hydrogen-bond donors (Lipinski definition) is 2. The Morgan fingerprint density at radius 1 is 1.33 bits per heavy atom. The minimum atomic E-state index is -0.986. The van der Waals surface area contributed by atoms with E-state index < -0.39 is 12.2 Å². The van der Waals surface area contributed by atoms with Gasteiger partial charge in [-0.1, -0.05) is 38.5 Å². The van der Waals surface area contributed by atoms with E-state index in [1.165, 1.54) is 11.3 Å². The number of carboxylic acid groups (broad SMARTS) is 1. The van der Waals surface area contributed by atoms with Crippen LogP contribution in [0.4, 0.5) is 5.69 Å². The number of nitrogens with zero attached hydrogens (tertiary/aromatic N) is 1. The lowest BCUT2D eigenvalue weighted by Gasteiger charge is -2.41. The summed E-state index contributed by atoms with van der Waals surface area (Å²) in [5.41, 5.74) is 0.383. The SMILES string of the molecule is CCC(COC)N(c1cc(C#CC(C)(C)C)sc1C(=O)O)C(O)C1CCC(C)CC1. The van der Waals surface area contributed by atoms with Gasteiger partial charge in [0.05, 0.1) is 23.2 Å². The molecule has 0 saturated heterocycles. The van der Waals surface area contributed by atoms with Crippen molar-refractivity contribution < 1.29 is 19.7 Å². The van der Waals surface area contributed by atoms with E-state index in [4.69, 9.17) is 4.74 Å². The van der Waals surface area contributed by atoms with Crippen molar-refractivity contribution in [1.82, 2.24) is 0 Å². The highest BCUT2D eigenvalue weighted by molar-refractivity contribution is 7.15. The Morgan fingerprint density at radius 2 is 1.97 bits per heavy atom. The van der Waals surface area contributed by atoms with Crippen LogP contribution in [-0.2, 0) is 4.74 Å². The molecule has 2 N–H and O–H groups in total. The van der Waals surface area contributed by atoms with Gasteiger partial charge in [-0.15, -0.1) is 11.3 Å². The zero-order valence-corrected chi connectivity index (χ0v) is 20.0. The van der Waals surface area contributed by atoms with E-state index in [1.807, 2.05) is 38.7 Å². The van der Waals surface area contributed by atoms with Crippen LogP contribution in [0.1, 0.15) is 81.3 Å². The highest BCUT2D eigenvalue weighted by Crippen LogP contribution is 2.38. The number of carbonyl (C=O) groups is 1. The number of aliphatic hydroxyl groups excluding tert-OH is 1. The van der Waals surface area contributed by atoms with Gasteiger partial charge in [-0.05, 0) is 52.0 Å². The molecule has 1 aliphatic rings. The second-order valence-electron chi connectivity index (χ2n) is 9.49. The van der Waals surface area contributed by atoms with Crippen molar-refractivity contribution in [2.45, 2.75) is 79.0 Å². The van der Waals surface area contributed by atoms with Gasteiger partial charge >= 0.3 is 5.97 Å². The highest BCUT2D eigenvalue weighted by Gasteiger charge is 2.35. The fraction of sp³-hybridized carbons (Fsp3) is 0.708. The first-order valence-electron chi connectivity index (χ1n) is 10.9. The van der Waals surface area contributed by atoms with Crippen LogP contribution in [0.2, 0.25) is 0 Å². The summed E-state index contributed by atoms with van der Waals surface area (Å²) in [6.07, 6.45) is 4.08. The summed E-state index contributed by atoms with van der Waals surface area (Å²) in [5, 5.41) is 21.3. The maximum absolute atomic E-state index is 12.1. The normalized spacial score (nSPS) is 21.4. The van der Waals surface area contributed by atoms with Crippen molar-refractivity contribution in [3.05, 3.63) is 15.8 Å². The summed E-state index contributed by atoms with van der Waals surface area (Å²) >= 11 is 1.18. The maximum Gasteiger partial charge on any atom is 0.348 e. The molecule has 0 bridgehead atoms. The van der Waals surface area contributed by atoms with Gasteiger partial charge in [-0.25, -0.2) is 4.79 Å². The molecule has 0 aliphatic heterocycles. The fourth-order valence-electron chi connectivity index (χ4n) is 3.99. The van der Waals surface area contributed by atoms with Gasteiger partial charge in [0, 0.05) is 18.4 Å². The first-order valence-corrected chi connectivity index (χ1v) is 11.7. The molecular formula is C24H37NO4S. The molecule has 1 aromatic rings. The van der Waals surface area contributed by atoms with Crippen LogP contribution in [0.25, 0.3) is 0 Å². The lowest BCUT2D eigenvalue weighted by molar-refractivity contribution is 0.0536. The number of aliphatic hydroxyl groups is 1. The third-order valence-electron chi connectivity index (χ3n) is 5.74. The molecule has 1 saturated carbocycles. The van der Waals surface area contributed by atoms with Crippen molar-refractivity contribution in [3.8, 4) is 11.8 Å². The van der Waals surface area contributed by atoms with Gasteiger partial charge in [-0.2, -0.15) is 0 Å². The second-order valence-corrected chi connectivity index (χ2v) is 10.5. The Hall–Kier alpha value is -1.55.